The summed E-state index contributed by atoms with van der Waals surface area (Å²) in [5.74, 6) is 1.03. The summed E-state index contributed by atoms with van der Waals surface area (Å²) < 4.78 is 5.31. The van der Waals surface area contributed by atoms with Crippen LogP contribution >= 0.6 is 11.3 Å². The summed E-state index contributed by atoms with van der Waals surface area (Å²) in [4.78, 5) is 4.05. The molecular weight excluding hydrogens is 188 g/mol. The minimum Gasteiger partial charge on any atom is -0.419 e. The smallest absolute Gasteiger partial charge is 0.276 e. The molecule has 0 spiro atoms. The van der Waals surface area contributed by atoms with Crippen molar-refractivity contribution in [3.05, 3.63) is 17.5 Å². The van der Waals surface area contributed by atoms with Gasteiger partial charge in [0.1, 0.15) is 0 Å². The van der Waals surface area contributed by atoms with Gasteiger partial charge in [-0.15, -0.1) is 21.5 Å². The highest BCUT2D eigenvalue weighted by molar-refractivity contribution is 7.12. The van der Waals surface area contributed by atoms with Crippen LogP contribution in [0.1, 0.15) is 5.89 Å². The SMILES string of the molecule is NCCc1nnc(-c2nccs2)o1. The second kappa shape index (κ2) is 3.63. The predicted octanol–water partition coefficient (Wildman–Crippen LogP) is 0.694. The van der Waals surface area contributed by atoms with E-state index < -0.39 is 0 Å². The summed E-state index contributed by atoms with van der Waals surface area (Å²) in [5.41, 5.74) is 5.35. The maximum atomic E-state index is 5.35. The van der Waals surface area contributed by atoms with Gasteiger partial charge in [0.25, 0.3) is 5.89 Å². The summed E-state index contributed by atoms with van der Waals surface area (Å²) in [6, 6.07) is 0. The lowest BCUT2D eigenvalue weighted by Crippen LogP contribution is -2.02. The Bertz CT molecular complexity index is 370. The Morgan fingerprint density at radius 3 is 3.08 bits per heavy atom. The van der Waals surface area contributed by atoms with E-state index in [-0.39, 0.29) is 0 Å². The molecule has 0 fully saturated rings. The van der Waals surface area contributed by atoms with Gasteiger partial charge in [-0.05, 0) is 0 Å². The molecule has 0 saturated heterocycles. The summed E-state index contributed by atoms with van der Waals surface area (Å²) in [5, 5.41) is 10.3. The molecule has 2 heterocycles. The van der Waals surface area contributed by atoms with Crippen molar-refractivity contribution in [3.63, 3.8) is 0 Å². The Hall–Kier alpha value is -1.27. The van der Waals surface area contributed by atoms with E-state index in [1.807, 2.05) is 5.38 Å². The monoisotopic (exact) mass is 196 g/mol. The lowest BCUT2D eigenvalue weighted by molar-refractivity contribution is 0.507. The molecule has 0 aliphatic carbocycles. The third kappa shape index (κ3) is 1.73. The zero-order valence-corrected chi connectivity index (χ0v) is 7.62. The van der Waals surface area contributed by atoms with Crippen LogP contribution in [0.2, 0.25) is 0 Å². The molecule has 6 heteroatoms. The molecule has 2 rings (SSSR count). The Kier molecular flexibility index (Phi) is 2.33. The number of rotatable bonds is 3. The number of hydrogen-bond donors (Lipinski definition) is 1. The number of nitrogens with zero attached hydrogens (tertiary/aromatic N) is 3. The first-order chi connectivity index (χ1) is 6.40. The van der Waals surface area contributed by atoms with Crippen molar-refractivity contribution < 1.29 is 4.42 Å². The van der Waals surface area contributed by atoms with E-state index in [1.54, 1.807) is 6.20 Å². The standard InChI is InChI=1S/C7H8N4OS/c8-2-1-5-10-11-6(12-5)7-9-3-4-13-7/h3-4H,1-2,8H2. The molecular formula is C7H8N4OS. The first kappa shape index (κ1) is 8.33. The quantitative estimate of drug-likeness (QED) is 0.781. The van der Waals surface area contributed by atoms with Gasteiger partial charge < -0.3 is 10.2 Å². The Morgan fingerprint density at radius 2 is 2.38 bits per heavy atom. The Morgan fingerprint density at radius 1 is 1.46 bits per heavy atom. The van der Waals surface area contributed by atoms with E-state index in [0.29, 0.717) is 24.7 Å². The molecule has 2 aromatic rings. The number of thiazole rings is 1. The van der Waals surface area contributed by atoms with Crippen molar-refractivity contribution in [2.75, 3.05) is 6.54 Å². The van der Waals surface area contributed by atoms with Crippen LogP contribution < -0.4 is 5.73 Å². The van der Waals surface area contributed by atoms with Gasteiger partial charge in [-0.3, -0.25) is 0 Å². The fraction of sp³-hybridized carbons (Fsp3) is 0.286. The fourth-order valence-electron chi connectivity index (χ4n) is 0.894. The summed E-state index contributed by atoms with van der Waals surface area (Å²) in [6.45, 7) is 0.513. The maximum Gasteiger partial charge on any atom is 0.276 e. The van der Waals surface area contributed by atoms with E-state index in [1.165, 1.54) is 11.3 Å². The van der Waals surface area contributed by atoms with Crippen LogP contribution in [0.25, 0.3) is 10.9 Å². The zero-order valence-electron chi connectivity index (χ0n) is 6.80. The van der Waals surface area contributed by atoms with E-state index in [2.05, 4.69) is 15.2 Å². The first-order valence-corrected chi connectivity index (χ1v) is 4.70. The third-order valence-corrected chi connectivity index (χ3v) is 2.20. The van der Waals surface area contributed by atoms with Crippen molar-refractivity contribution in [2.24, 2.45) is 5.73 Å². The minimum atomic E-state index is 0.471. The molecule has 2 aromatic heterocycles. The molecule has 13 heavy (non-hydrogen) atoms. The van der Waals surface area contributed by atoms with Crippen LogP contribution in [0, 0.1) is 0 Å². The summed E-state index contributed by atoms with van der Waals surface area (Å²) in [6.07, 6.45) is 2.31. The number of aromatic nitrogens is 3. The maximum absolute atomic E-state index is 5.35. The highest BCUT2D eigenvalue weighted by Crippen LogP contribution is 2.19. The van der Waals surface area contributed by atoms with Gasteiger partial charge in [0.15, 0.2) is 5.01 Å². The van der Waals surface area contributed by atoms with E-state index in [0.717, 1.165) is 5.01 Å². The van der Waals surface area contributed by atoms with Crippen LogP contribution in [0.4, 0.5) is 0 Å². The second-order valence-corrected chi connectivity index (χ2v) is 3.27. The van der Waals surface area contributed by atoms with Crippen LogP contribution in [0.3, 0.4) is 0 Å². The molecule has 0 aliphatic rings. The third-order valence-electron chi connectivity index (χ3n) is 1.44. The molecule has 0 aromatic carbocycles. The van der Waals surface area contributed by atoms with Crippen LogP contribution in [0.15, 0.2) is 16.0 Å². The molecule has 0 atom stereocenters. The van der Waals surface area contributed by atoms with Crippen molar-refractivity contribution in [1.82, 2.24) is 15.2 Å². The average Bonchev–Trinajstić information content (AvgIpc) is 2.70. The van der Waals surface area contributed by atoms with Crippen molar-refractivity contribution in [2.45, 2.75) is 6.42 Å². The largest absolute Gasteiger partial charge is 0.419 e. The summed E-state index contributed by atoms with van der Waals surface area (Å²) >= 11 is 1.47. The van der Waals surface area contributed by atoms with Crippen LogP contribution in [0.5, 0.6) is 0 Å². The highest BCUT2D eigenvalue weighted by Gasteiger charge is 2.09. The van der Waals surface area contributed by atoms with Gasteiger partial charge >= 0.3 is 0 Å². The molecule has 0 bridgehead atoms. The number of nitrogens with two attached hydrogens (primary N) is 1. The van der Waals surface area contributed by atoms with E-state index in [4.69, 9.17) is 10.2 Å². The fourth-order valence-corrected chi connectivity index (χ4v) is 1.45. The van der Waals surface area contributed by atoms with Crippen LogP contribution in [-0.4, -0.2) is 21.7 Å². The molecule has 0 unspecified atom stereocenters. The molecule has 0 amide bonds. The Labute approximate surface area is 78.6 Å². The normalized spacial score (nSPS) is 10.5. The van der Waals surface area contributed by atoms with Gasteiger partial charge in [-0.1, -0.05) is 0 Å². The van der Waals surface area contributed by atoms with E-state index in [9.17, 15) is 0 Å². The van der Waals surface area contributed by atoms with Gasteiger partial charge in [-0.2, -0.15) is 0 Å². The van der Waals surface area contributed by atoms with Crippen molar-refractivity contribution in [3.8, 4) is 10.9 Å². The zero-order chi connectivity index (χ0) is 9.10. The number of hydrogen-bond acceptors (Lipinski definition) is 6. The predicted molar refractivity (Wildman–Crippen MR) is 48.2 cm³/mol. The van der Waals surface area contributed by atoms with Crippen LogP contribution in [-0.2, 0) is 6.42 Å². The molecule has 5 nitrogen and oxygen atoms in total. The van der Waals surface area contributed by atoms with Gasteiger partial charge in [0, 0.05) is 24.5 Å². The highest BCUT2D eigenvalue weighted by atomic mass is 32.1. The molecule has 0 aliphatic heterocycles. The minimum absolute atomic E-state index is 0.471. The molecule has 2 N–H and O–H groups in total. The first-order valence-electron chi connectivity index (χ1n) is 3.82. The van der Waals surface area contributed by atoms with Gasteiger partial charge in [-0.25, -0.2) is 4.98 Å². The molecule has 68 valence electrons. The molecule has 0 radical (unpaired) electrons. The summed E-state index contributed by atoms with van der Waals surface area (Å²) in [7, 11) is 0. The van der Waals surface area contributed by atoms with Crippen molar-refractivity contribution in [1.29, 1.82) is 0 Å². The Balaban J connectivity index is 2.23. The lowest BCUT2D eigenvalue weighted by Gasteiger charge is -1.86. The average molecular weight is 196 g/mol. The van der Waals surface area contributed by atoms with E-state index >= 15 is 0 Å². The second-order valence-electron chi connectivity index (χ2n) is 2.38. The lowest BCUT2D eigenvalue weighted by atomic mass is 10.4. The molecule has 0 saturated carbocycles. The topological polar surface area (TPSA) is 77.8 Å². The van der Waals surface area contributed by atoms with Gasteiger partial charge in [0.2, 0.25) is 5.89 Å². The van der Waals surface area contributed by atoms with Gasteiger partial charge in [0.05, 0.1) is 0 Å². The van der Waals surface area contributed by atoms with Crippen molar-refractivity contribution >= 4 is 11.3 Å².